The summed E-state index contributed by atoms with van der Waals surface area (Å²) >= 11 is 3.47. The second-order valence-corrected chi connectivity index (χ2v) is 14.0. The summed E-state index contributed by atoms with van der Waals surface area (Å²) in [6.07, 6.45) is 0. The number of thiophene rings is 2. The highest BCUT2D eigenvalue weighted by Crippen LogP contribution is 2.52. The van der Waals surface area contributed by atoms with E-state index in [1.165, 1.54) is 25.7 Å². The summed E-state index contributed by atoms with van der Waals surface area (Å²) < 4.78 is 26.1. The minimum atomic E-state index is -0.252. The summed E-state index contributed by atoms with van der Waals surface area (Å²) in [5.41, 5.74) is 7.10. The number of anilines is 3. The van der Waals surface area contributed by atoms with Crippen LogP contribution in [0.15, 0.2) is 150 Å². The van der Waals surface area contributed by atoms with Gasteiger partial charge in [-0.2, -0.15) is 0 Å². The molecule has 0 atom stereocenters. The van der Waals surface area contributed by atoms with Crippen molar-refractivity contribution in [1.29, 1.82) is 0 Å². The van der Waals surface area contributed by atoms with Gasteiger partial charge < -0.3 is 9.32 Å². The molecule has 5 heteroatoms. The van der Waals surface area contributed by atoms with Gasteiger partial charge in [0.15, 0.2) is 5.58 Å². The van der Waals surface area contributed by atoms with Crippen molar-refractivity contribution in [2.75, 3.05) is 4.90 Å². The van der Waals surface area contributed by atoms with Crippen LogP contribution in [0, 0.1) is 5.82 Å². The summed E-state index contributed by atoms with van der Waals surface area (Å²) in [6.45, 7) is 0. The molecule has 0 N–H and O–H groups in total. The quantitative estimate of drug-likeness (QED) is 0.190. The Hall–Kier alpha value is -5.49. The van der Waals surface area contributed by atoms with Gasteiger partial charge in [-0.1, -0.05) is 84.9 Å². The zero-order valence-corrected chi connectivity index (χ0v) is 26.5. The summed E-state index contributed by atoms with van der Waals surface area (Å²) in [4.78, 5) is 2.37. The van der Waals surface area contributed by atoms with E-state index in [1.54, 1.807) is 23.5 Å². The fourth-order valence-corrected chi connectivity index (χ4v) is 9.35. The zero-order chi connectivity index (χ0) is 31.1. The van der Waals surface area contributed by atoms with Crippen LogP contribution in [0.4, 0.5) is 21.5 Å². The maximum absolute atomic E-state index is 15.0. The molecule has 0 aliphatic carbocycles. The number of nitrogens with zero attached hydrogens (tertiary/aromatic N) is 1. The first-order valence-electron chi connectivity index (χ1n) is 15.5. The Balaban J connectivity index is 1.35. The fourth-order valence-electron chi connectivity index (χ4n) is 7.03. The Morgan fingerprint density at radius 2 is 1.21 bits per heavy atom. The smallest absolute Gasteiger partial charge is 0.153 e. The Kier molecular flexibility index (Phi) is 5.83. The van der Waals surface area contributed by atoms with E-state index in [2.05, 4.69) is 114 Å². The average molecular weight is 642 g/mol. The van der Waals surface area contributed by atoms with Crippen molar-refractivity contribution in [1.82, 2.24) is 0 Å². The second-order valence-electron chi connectivity index (χ2n) is 11.8. The van der Waals surface area contributed by atoms with Gasteiger partial charge in [-0.05, 0) is 71.8 Å². The van der Waals surface area contributed by atoms with Gasteiger partial charge >= 0.3 is 0 Å². The maximum Gasteiger partial charge on any atom is 0.153 e. The first-order chi connectivity index (χ1) is 23.2. The molecular formula is C42H24FNOS2. The molecule has 0 unspecified atom stereocenters. The van der Waals surface area contributed by atoms with Gasteiger partial charge in [0.05, 0.1) is 16.1 Å². The highest BCUT2D eigenvalue weighted by Gasteiger charge is 2.25. The van der Waals surface area contributed by atoms with E-state index in [9.17, 15) is 0 Å². The molecule has 0 aliphatic rings. The number of hydrogen-bond donors (Lipinski definition) is 0. The van der Waals surface area contributed by atoms with E-state index < -0.39 is 0 Å². The molecule has 7 aromatic carbocycles. The van der Waals surface area contributed by atoms with Crippen LogP contribution in [-0.4, -0.2) is 0 Å². The lowest BCUT2D eigenvalue weighted by atomic mass is 10.0. The topological polar surface area (TPSA) is 16.4 Å². The second kappa shape index (κ2) is 10.3. The number of para-hydroxylation sites is 1. The molecule has 2 nitrogen and oxygen atoms in total. The van der Waals surface area contributed by atoms with E-state index in [-0.39, 0.29) is 5.82 Å². The van der Waals surface area contributed by atoms with Gasteiger partial charge in [-0.15, -0.1) is 22.7 Å². The minimum Gasteiger partial charge on any atom is -0.455 e. The normalized spacial score (nSPS) is 11.9. The van der Waals surface area contributed by atoms with Gasteiger partial charge in [0.1, 0.15) is 11.4 Å². The lowest BCUT2D eigenvalue weighted by Gasteiger charge is -2.28. The molecular weight excluding hydrogens is 618 g/mol. The molecule has 0 aliphatic heterocycles. The summed E-state index contributed by atoms with van der Waals surface area (Å²) in [6, 6.07) is 50.0. The standard InChI is InChI=1S/C42H24FNOS2/c43-27-19-22-37-32(23-27)40-34(24-31-29-11-4-6-14-35(29)45-41(31)42(40)47-37)44(28-20-17-26(18-21-28)25-9-2-1-3-10-25)33-13-8-16-38-39(33)30-12-5-7-15-36(30)46-38/h1-24H. The molecule has 0 bridgehead atoms. The highest BCUT2D eigenvalue weighted by molar-refractivity contribution is 7.27. The van der Waals surface area contributed by atoms with Crippen LogP contribution in [-0.2, 0) is 0 Å². The van der Waals surface area contributed by atoms with E-state index in [0.717, 1.165) is 64.7 Å². The van der Waals surface area contributed by atoms with E-state index >= 15 is 4.39 Å². The van der Waals surface area contributed by atoms with Crippen molar-refractivity contribution >= 4 is 102 Å². The van der Waals surface area contributed by atoms with Crippen molar-refractivity contribution in [3.8, 4) is 11.1 Å². The highest BCUT2D eigenvalue weighted by atomic mass is 32.1. The van der Waals surface area contributed by atoms with E-state index in [0.29, 0.717) is 0 Å². The molecule has 0 radical (unpaired) electrons. The Morgan fingerprint density at radius 1 is 0.489 bits per heavy atom. The molecule has 10 aromatic rings. The van der Waals surface area contributed by atoms with Crippen molar-refractivity contribution in [3.63, 3.8) is 0 Å². The molecule has 47 heavy (non-hydrogen) atoms. The van der Waals surface area contributed by atoms with Crippen molar-refractivity contribution < 1.29 is 8.81 Å². The summed E-state index contributed by atoms with van der Waals surface area (Å²) in [7, 11) is 0. The molecule has 0 fully saturated rings. The van der Waals surface area contributed by atoms with Crippen LogP contribution in [0.25, 0.3) is 73.4 Å². The molecule has 3 aromatic heterocycles. The predicted octanol–water partition coefficient (Wildman–Crippen LogP) is 13.6. The van der Waals surface area contributed by atoms with Gasteiger partial charge in [-0.3, -0.25) is 0 Å². The Bertz CT molecular complexity index is 2810. The SMILES string of the molecule is Fc1ccc2sc3c4oc5ccccc5c4cc(N(c4ccc(-c5ccccc5)cc4)c4cccc5sc6ccccc6c45)c3c2c1. The Morgan fingerprint density at radius 3 is 2.09 bits per heavy atom. The third-order valence-corrected chi connectivity index (χ3v) is 11.4. The molecule has 0 amide bonds. The van der Waals surface area contributed by atoms with Gasteiger partial charge in [0, 0.05) is 52.1 Å². The minimum absolute atomic E-state index is 0.252. The predicted molar refractivity (Wildman–Crippen MR) is 200 cm³/mol. The zero-order valence-electron chi connectivity index (χ0n) is 24.9. The van der Waals surface area contributed by atoms with Gasteiger partial charge in [0.2, 0.25) is 0 Å². The van der Waals surface area contributed by atoms with E-state index in [4.69, 9.17) is 4.42 Å². The van der Waals surface area contributed by atoms with Crippen molar-refractivity contribution in [3.05, 3.63) is 151 Å². The number of halogens is 1. The number of fused-ring (bicyclic) bond motifs is 10. The maximum atomic E-state index is 15.0. The van der Waals surface area contributed by atoms with Crippen molar-refractivity contribution in [2.24, 2.45) is 0 Å². The van der Waals surface area contributed by atoms with Crippen LogP contribution in [0.1, 0.15) is 0 Å². The van der Waals surface area contributed by atoms with Gasteiger partial charge in [-0.25, -0.2) is 4.39 Å². The molecule has 0 spiro atoms. The van der Waals surface area contributed by atoms with Crippen LogP contribution >= 0.6 is 22.7 Å². The number of benzene rings is 7. The van der Waals surface area contributed by atoms with E-state index in [1.807, 2.05) is 35.6 Å². The first kappa shape index (κ1) is 26.7. The summed E-state index contributed by atoms with van der Waals surface area (Å²) in [5, 5.41) is 6.41. The van der Waals surface area contributed by atoms with Crippen LogP contribution in [0.3, 0.4) is 0 Å². The molecule has 0 saturated heterocycles. The molecule has 3 heterocycles. The number of furan rings is 1. The van der Waals surface area contributed by atoms with Crippen LogP contribution < -0.4 is 4.90 Å². The molecule has 10 rings (SSSR count). The van der Waals surface area contributed by atoms with Crippen LogP contribution in [0.2, 0.25) is 0 Å². The molecule has 0 saturated carbocycles. The Labute approximate surface area is 277 Å². The third-order valence-electron chi connectivity index (χ3n) is 9.12. The lowest BCUT2D eigenvalue weighted by molar-refractivity contribution is 0.630. The van der Waals surface area contributed by atoms with Crippen molar-refractivity contribution in [2.45, 2.75) is 0 Å². The number of hydrogen-bond acceptors (Lipinski definition) is 4. The number of rotatable bonds is 4. The fraction of sp³-hybridized carbons (Fsp3) is 0. The average Bonchev–Trinajstić information content (AvgIpc) is 3.81. The summed E-state index contributed by atoms with van der Waals surface area (Å²) in [5.74, 6) is -0.252. The monoisotopic (exact) mass is 641 g/mol. The lowest BCUT2D eigenvalue weighted by Crippen LogP contribution is -2.11. The van der Waals surface area contributed by atoms with Gasteiger partial charge in [0.25, 0.3) is 0 Å². The van der Waals surface area contributed by atoms with Crippen LogP contribution in [0.5, 0.6) is 0 Å². The third kappa shape index (κ3) is 4.07. The first-order valence-corrected chi connectivity index (χ1v) is 17.2. The molecule has 222 valence electrons. The largest absolute Gasteiger partial charge is 0.455 e.